The smallest absolute Gasteiger partial charge is 0.120 e. The van der Waals surface area contributed by atoms with Crippen LogP contribution < -0.4 is 10.6 Å². The average Bonchev–Trinajstić information content (AvgIpc) is 2.69. The fourth-order valence-corrected chi connectivity index (χ4v) is 2.40. The van der Waals surface area contributed by atoms with Crippen LogP contribution in [0.4, 0.5) is 11.4 Å². The Kier molecular flexibility index (Phi) is 2.07. The first kappa shape index (κ1) is 10.1. The van der Waals surface area contributed by atoms with Gasteiger partial charge in [0.15, 0.2) is 0 Å². The van der Waals surface area contributed by atoms with E-state index >= 15 is 0 Å². The van der Waals surface area contributed by atoms with Gasteiger partial charge in [-0.25, -0.2) is 0 Å². The van der Waals surface area contributed by atoms with Crippen molar-refractivity contribution in [2.24, 2.45) is 7.05 Å². The first-order chi connectivity index (χ1) is 8.20. The number of aromatic nitrogens is 3. The Balaban J connectivity index is 2.28. The topological polar surface area (TPSA) is 60.0 Å². The molecule has 1 aromatic carbocycles. The second-order valence-corrected chi connectivity index (χ2v) is 4.24. The molecule has 0 saturated carbocycles. The van der Waals surface area contributed by atoms with Crippen LogP contribution in [0.2, 0.25) is 0 Å². The summed E-state index contributed by atoms with van der Waals surface area (Å²) >= 11 is 0. The van der Waals surface area contributed by atoms with E-state index in [9.17, 15) is 0 Å². The van der Waals surface area contributed by atoms with Crippen molar-refractivity contribution in [1.82, 2.24) is 15.0 Å². The first-order valence-electron chi connectivity index (χ1n) is 5.74. The minimum absolute atomic E-state index is 0.779. The molecule has 0 aliphatic carbocycles. The molecule has 2 aromatic rings. The van der Waals surface area contributed by atoms with Crippen LogP contribution in [0.3, 0.4) is 0 Å². The van der Waals surface area contributed by atoms with Crippen molar-refractivity contribution < 1.29 is 0 Å². The first-order valence-corrected chi connectivity index (χ1v) is 5.74. The molecule has 17 heavy (non-hydrogen) atoms. The Morgan fingerprint density at radius 1 is 1.35 bits per heavy atom. The van der Waals surface area contributed by atoms with Crippen molar-refractivity contribution in [1.29, 1.82) is 0 Å². The molecule has 2 N–H and O–H groups in total. The molecule has 0 fully saturated rings. The van der Waals surface area contributed by atoms with Gasteiger partial charge in [-0.05, 0) is 13.0 Å². The third-order valence-corrected chi connectivity index (χ3v) is 3.14. The van der Waals surface area contributed by atoms with Crippen molar-refractivity contribution in [3.05, 3.63) is 23.9 Å². The van der Waals surface area contributed by atoms with Gasteiger partial charge in [-0.3, -0.25) is 0 Å². The van der Waals surface area contributed by atoms with Crippen LogP contribution in [0.15, 0.2) is 18.2 Å². The minimum atomic E-state index is 0.779. The Morgan fingerprint density at radius 2 is 2.18 bits per heavy atom. The van der Waals surface area contributed by atoms with Gasteiger partial charge < -0.3 is 10.6 Å². The molecular weight excluding hydrogens is 214 g/mol. The normalized spacial score (nSPS) is 13.4. The predicted octanol–water partition coefficient (Wildman–Crippen LogP) is 1.40. The van der Waals surface area contributed by atoms with Crippen molar-refractivity contribution in [3.8, 4) is 11.3 Å². The molecule has 0 saturated heterocycles. The summed E-state index contributed by atoms with van der Waals surface area (Å²) in [5.41, 5.74) is 11.0. The molecular formula is C12H15N5. The largest absolute Gasteiger partial charge is 0.397 e. The van der Waals surface area contributed by atoms with Gasteiger partial charge in [0.1, 0.15) is 11.4 Å². The molecule has 5 nitrogen and oxygen atoms in total. The van der Waals surface area contributed by atoms with Crippen molar-refractivity contribution in [2.75, 3.05) is 17.2 Å². The van der Waals surface area contributed by atoms with Crippen molar-refractivity contribution in [2.45, 2.75) is 13.5 Å². The number of para-hydroxylation sites is 1. The molecule has 1 aromatic heterocycles. The molecule has 0 bridgehead atoms. The third kappa shape index (κ3) is 1.39. The highest BCUT2D eigenvalue weighted by Gasteiger charge is 2.26. The number of aryl methyl sites for hydroxylation is 1. The summed E-state index contributed by atoms with van der Waals surface area (Å²) < 4.78 is 0. The number of nitrogens with zero attached hydrogens (tertiary/aromatic N) is 4. The van der Waals surface area contributed by atoms with Gasteiger partial charge in [-0.1, -0.05) is 12.1 Å². The Bertz CT molecular complexity index is 572. The summed E-state index contributed by atoms with van der Waals surface area (Å²) in [7, 11) is 1.85. The number of rotatable bonds is 1. The zero-order valence-electron chi connectivity index (χ0n) is 10.0. The third-order valence-electron chi connectivity index (χ3n) is 3.14. The molecule has 0 unspecified atom stereocenters. The fraction of sp³-hybridized carbons (Fsp3) is 0.333. The lowest BCUT2D eigenvalue weighted by Gasteiger charge is -2.29. The molecule has 2 heterocycles. The summed E-state index contributed by atoms with van der Waals surface area (Å²) in [6, 6.07) is 5.95. The summed E-state index contributed by atoms with van der Waals surface area (Å²) in [5.74, 6) is 0. The average molecular weight is 229 g/mol. The number of nitrogens with two attached hydrogens (primary N) is 1. The van der Waals surface area contributed by atoms with E-state index in [1.54, 1.807) is 4.80 Å². The van der Waals surface area contributed by atoms with Gasteiger partial charge in [0, 0.05) is 19.2 Å². The van der Waals surface area contributed by atoms with Gasteiger partial charge in [0.05, 0.1) is 17.9 Å². The maximum atomic E-state index is 6.07. The van der Waals surface area contributed by atoms with Gasteiger partial charge in [0.25, 0.3) is 0 Å². The molecule has 1 aliphatic heterocycles. The molecule has 0 amide bonds. The summed E-state index contributed by atoms with van der Waals surface area (Å²) in [4.78, 5) is 3.86. The zero-order chi connectivity index (χ0) is 12.0. The second kappa shape index (κ2) is 3.48. The van der Waals surface area contributed by atoms with E-state index in [1.165, 1.54) is 0 Å². The lowest BCUT2D eigenvalue weighted by atomic mass is 10.0. The monoisotopic (exact) mass is 229 g/mol. The van der Waals surface area contributed by atoms with Crippen LogP contribution >= 0.6 is 0 Å². The SMILES string of the molecule is CCN1Cc2nn(C)nc2-c2cccc(N)c21. The van der Waals surface area contributed by atoms with Crippen molar-refractivity contribution in [3.63, 3.8) is 0 Å². The quantitative estimate of drug-likeness (QED) is 0.751. The Labute approximate surface area is 99.8 Å². The Morgan fingerprint density at radius 3 is 2.94 bits per heavy atom. The number of fused-ring (bicyclic) bond motifs is 3. The fourth-order valence-electron chi connectivity index (χ4n) is 2.40. The lowest BCUT2D eigenvalue weighted by molar-refractivity contribution is 0.643. The van der Waals surface area contributed by atoms with Gasteiger partial charge in [0.2, 0.25) is 0 Å². The molecule has 1 aliphatic rings. The van der Waals surface area contributed by atoms with Crippen LogP contribution in [-0.2, 0) is 13.6 Å². The Hall–Kier alpha value is -2.04. The highest BCUT2D eigenvalue weighted by molar-refractivity contribution is 5.88. The van der Waals surface area contributed by atoms with Crippen LogP contribution in [-0.4, -0.2) is 21.5 Å². The summed E-state index contributed by atoms with van der Waals surface area (Å²) in [6.07, 6.45) is 0. The number of benzene rings is 1. The maximum absolute atomic E-state index is 6.07. The molecule has 88 valence electrons. The number of hydrogen-bond acceptors (Lipinski definition) is 4. The lowest BCUT2D eigenvalue weighted by Crippen LogP contribution is -2.27. The number of hydrogen-bond donors (Lipinski definition) is 1. The maximum Gasteiger partial charge on any atom is 0.120 e. The zero-order valence-corrected chi connectivity index (χ0v) is 10.0. The van der Waals surface area contributed by atoms with E-state index in [-0.39, 0.29) is 0 Å². The predicted molar refractivity (Wildman–Crippen MR) is 67.6 cm³/mol. The minimum Gasteiger partial charge on any atom is -0.397 e. The molecule has 0 atom stereocenters. The number of anilines is 2. The summed E-state index contributed by atoms with van der Waals surface area (Å²) in [5, 5.41) is 8.83. The second-order valence-electron chi connectivity index (χ2n) is 4.24. The molecule has 0 radical (unpaired) electrons. The molecule has 5 heteroatoms. The van der Waals surface area contributed by atoms with E-state index in [1.807, 2.05) is 19.2 Å². The van der Waals surface area contributed by atoms with E-state index in [4.69, 9.17) is 5.73 Å². The van der Waals surface area contributed by atoms with E-state index in [2.05, 4.69) is 28.1 Å². The van der Waals surface area contributed by atoms with E-state index in [0.717, 1.165) is 41.4 Å². The molecule has 3 rings (SSSR count). The standard InChI is InChI=1S/C12H15N5/c1-3-17-7-10-11(15-16(2)14-10)8-5-4-6-9(13)12(8)17/h4-6H,3,7,13H2,1-2H3. The van der Waals surface area contributed by atoms with Crippen LogP contribution in [0.1, 0.15) is 12.6 Å². The number of nitrogen functional groups attached to an aromatic ring is 1. The van der Waals surface area contributed by atoms with E-state index < -0.39 is 0 Å². The molecule has 0 spiro atoms. The highest BCUT2D eigenvalue weighted by Crippen LogP contribution is 2.40. The van der Waals surface area contributed by atoms with Crippen LogP contribution in [0, 0.1) is 0 Å². The van der Waals surface area contributed by atoms with E-state index in [0.29, 0.717) is 0 Å². The van der Waals surface area contributed by atoms with Gasteiger partial charge >= 0.3 is 0 Å². The van der Waals surface area contributed by atoms with Crippen LogP contribution in [0.5, 0.6) is 0 Å². The van der Waals surface area contributed by atoms with Gasteiger partial charge in [-0.15, -0.1) is 0 Å². The van der Waals surface area contributed by atoms with Crippen molar-refractivity contribution >= 4 is 11.4 Å². The highest BCUT2D eigenvalue weighted by atomic mass is 15.5. The van der Waals surface area contributed by atoms with Crippen LogP contribution in [0.25, 0.3) is 11.3 Å². The van der Waals surface area contributed by atoms with Gasteiger partial charge in [-0.2, -0.15) is 15.0 Å². The summed E-state index contributed by atoms with van der Waals surface area (Å²) in [6.45, 7) is 3.82.